The summed E-state index contributed by atoms with van der Waals surface area (Å²) in [6.07, 6.45) is 3.39. The monoisotopic (exact) mass is 253 g/mol. The molecule has 0 radical (unpaired) electrons. The molecule has 2 rings (SSSR count). The third-order valence-corrected chi connectivity index (χ3v) is 3.40. The highest BCUT2D eigenvalue weighted by Crippen LogP contribution is 2.25. The Hall–Kier alpha value is -1.22. The second-order valence-electron chi connectivity index (χ2n) is 4.24. The van der Waals surface area contributed by atoms with Gasteiger partial charge in [-0.05, 0) is 31.4 Å². The smallest absolute Gasteiger partial charge is 0.411 e. The zero-order chi connectivity index (χ0) is 12.1. The molecule has 1 amide bonds. The number of hydrogen-bond acceptors (Lipinski definition) is 2. The largest absolute Gasteiger partial charge is 0.444 e. The zero-order valence-electron chi connectivity index (χ0n) is 9.56. The molecule has 92 valence electrons. The minimum Gasteiger partial charge on any atom is -0.444 e. The number of anilines is 1. The number of halogens is 1. The summed E-state index contributed by atoms with van der Waals surface area (Å²) in [5, 5.41) is 2.64. The fourth-order valence-electron chi connectivity index (χ4n) is 1.99. The van der Waals surface area contributed by atoms with Gasteiger partial charge in [-0.25, -0.2) is 4.79 Å². The molecule has 1 aromatic carbocycles. The number of nitrogens with one attached hydrogen (secondary N) is 1. The summed E-state index contributed by atoms with van der Waals surface area (Å²) in [7, 11) is 0. The average molecular weight is 254 g/mol. The highest BCUT2D eigenvalue weighted by molar-refractivity contribution is 6.21. The minimum absolute atomic E-state index is 0.0507. The van der Waals surface area contributed by atoms with Crippen LogP contribution in [-0.4, -0.2) is 17.6 Å². The molecular weight excluding hydrogens is 238 g/mol. The van der Waals surface area contributed by atoms with Crippen molar-refractivity contribution >= 4 is 23.4 Å². The predicted molar refractivity (Wildman–Crippen MR) is 68.4 cm³/mol. The van der Waals surface area contributed by atoms with Gasteiger partial charge in [0, 0.05) is 5.69 Å². The topological polar surface area (TPSA) is 38.3 Å². The van der Waals surface area contributed by atoms with Gasteiger partial charge < -0.3 is 4.74 Å². The highest BCUT2D eigenvalue weighted by Gasteiger charge is 2.26. The molecule has 1 fully saturated rings. The predicted octanol–water partition coefficient (Wildman–Crippen LogP) is 3.79. The van der Waals surface area contributed by atoms with Gasteiger partial charge in [0.1, 0.15) is 6.10 Å². The van der Waals surface area contributed by atoms with E-state index in [1.54, 1.807) is 0 Å². The molecule has 1 aliphatic rings. The number of para-hydroxylation sites is 1. The summed E-state index contributed by atoms with van der Waals surface area (Å²) in [6.45, 7) is 0. The Morgan fingerprint density at radius 3 is 2.65 bits per heavy atom. The van der Waals surface area contributed by atoms with Crippen LogP contribution in [-0.2, 0) is 4.74 Å². The lowest BCUT2D eigenvalue weighted by Crippen LogP contribution is -2.32. The first-order chi connectivity index (χ1) is 8.25. The standard InChI is InChI=1S/C13H16ClNO2/c14-11-8-4-5-9-12(11)17-13(16)15-10-6-2-1-3-7-10/h1-3,6-7,11-12H,4-5,8-9H2,(H,15,16). The number of amides is 1. The van der Waals surface area contributed by atoms with Crippen molar-refractivity contribution in [2.24, 2.45) is 0 Å². The van der Waals surface area contributed by atoms with Crippen molar-refractivity contribution in [3.8, 4) is 0 Å². The molecule has 0 spiro atoms. The third kappa shape index (κ3) is 3.63. The Morgan fingerprint density at radius 2 is 1.94 bits per heavy atom. The minimum atomic E-state index is -0.422. The molecule has 0 aliphatic heterocycles. The summed E-state index contributed by atoms with van der Waals surface area (Å²) >= 11 is 6.12. The van der Waals surface area contributed by atoms with Crippen LogP contribution in [0.5, 0.6) is 0 Å². The van der Waals surface area contributed by atoms with E-state index >= 15 is 0 Å². The third-order valence-electron chi connectivity index (χ3n) is 2.90. The number of carbonyl (C=O) groups excluding carboxylic acids is 1. The highest BCUT2D eigenvalue weighted by atomic mass is 35.5. The molecule has 1 aromatic rings. The average Bonchev–Trinajstić information content (AvgIpc) is 2.33. The van der Waals surface area contributed by atoms with Gasteiger partial charge in [0.05, 0.1) is 5.38 Å². The maximum absolute atomic E-state index is 11.6. The number of benzene rings is 1. The summed E-state index contributed by atoms with van der Waals surface area (Å²) in [5.74, 6) is 0. The van der Waals surface area contributed by atoms with Crippen LogP contribution in [0.2, 0.25) is 0 Å². The van der Waals surface area contributed by atoms with E-state index in [4.69, 9.17) is 16.3 Å². The van der Waals surface area contributed by atoms with E-state index in [-0.39, 0.29) is 11.5 Å². The van der Waals surface area contributed by atoms with Crippen LogP contribution >= 0.6 is 11.6 Å². The lowest BCUT2D eigenvalue weighted by Gasteiger charge is -2.26. The zero-order valence-corrected chi connectivity index (χ0v) is 10.3. The Morgan fingerprint density at radius 1 is 1.24 bits per heavy atom. The number of alkyl halides is 1. The first-order valence-corrected chi connectivity index (χ1v) is 6.36. The fraction of sp³-hybridized carbons (Fsp3) is 0.462. The first kappa shape index (κ1) is 12.2. The second-order valence-corrected chi connectivity index (χ2v) is 4.80. The fourth-order valence-corrected chi connectivity index (χ4v) is 2.32. The molecule has 2 atom stereocenters. The number of rotatable bonds is 2. The molecule has 2 unspecified atom stereocenters. The summed E-state index contributed by atoms with van der Waals surface area (Å²) in [5.41, 5.74) is 0.736. The van der Waals surface area contributed by atoms with E-state index in [2.05, 4.69) is 5.32 Å². The van der Waals surface area contributed by atoms with E-state index in [9.17, 15) is 4.79 Å². The van der Waals surface area contributed by atoms with Gasteiger partial charge in [0.2, 0.25) is 0 Å². The quantitative estimate of drug-likeness (QED) is 0.815. The van der Waals surface area contributed by atoms with E-state index in [0.29, 0.717) is 0 Å². The van der Waals surface area contributed by atoms with Crippen LogP contribution in [0, 0.1) is 0 Å². The maximum Gasteiger partial charge on any atom is 0.411 e. The van der Waals surface area contributed by atoms with Gasteiger partial charge >= 0.3 is 6.09 Å². The molecule has 4 heteroatoms. The van der Waals surface area contributed by atoms with Crippen molar-refractivity contribution in [1.82, 2.24) is 0 Å². The van der Waals surface area contributed by atoms with Gasteiger partial charge in [-0.15, -0.1) is 11.6 Å². The molecule has 3 nitrogen and oxygen atoms in total. The summed E-state index contributed by atoms with van der Waals surface area (Å²) in [6, 6.07) is 9.26. The molecule has 0 saturated heterocycles. The normalized spacial score (nSPS) is 24.1. The number of hydrogen-bond donors (Lipinski definition) is 1. The van der Waals surface area contributed by atoms with Gasteiger partial charge in [-0.3, -0.25) is 5.32 Å². The van der Waals surface area contributed by atoms with Crippen LogP contribution in [0.25, 0.3) is 0 Å². The number of ether oxygens (including phenoxy) is 1. The molecule has 1 N–H and O–H groups in total. The van der Waals surface area contributed by atoms with Crippen molar-refractivity contribution in [1.29, 1.82) is 0 Å². The molecular formula is C13H16ClNO2. The van der Waals surface area contributed by atoms with Crippen LogP contribution < -0.4 is 5.32 Å². The molecule has 0 heterocycles. The maximum atomic E-state index is 11.6. The van der Waals surface area contributed by atoms with Crippen LogP contribution in [0.3, 0.4) is 0 Å². The van der Waals surface area contributed by atoms with Gasteiger partial charge in [-0.2, -0.15) is 0 Å². The SMILES string of the molecule is O=C(Nc1ccccc1)OC1CCCCC1Cl. The van der Waals surface area contributed by atoms with Crippen molar-refractivity contribution in [3.63, 3.8) is 0 Å². The van der Waals surface area contributed by atoms with E-state index in [1.165, 1.54) is 0 Å². The van der Waals surface area contributed by atoms with Crippen molar-refractivity contribution in [2.45, 2.75) is 37.2 Å². The molecule has 1 saturated carbocycles. The van der Waals surface area contributed by atoms with Crippen molar-refractivity contribution < 1.29 is 9.53 Å². The van der Waals surface area contributed by atoms with Crippen LogP contribution in [0.1, 0.15) is 25.7 Å². The van der Waals surface area contributed by atoms with Gasteiger partial charge in [-0.1, -0.05) is 24.6 Å². The number of carbonyl (C=O) groups is 1. The Balaban J connectivity index is 1.84. The molecule has 1 aliphatic carbocycles. The van der Waals surface area contributed by atoms with Crippen LogP contribution in [0.15, 0.2) is 30.3 Å². The first-order valence-electron chi connectivity index (χ1n) is 5.92. The van der Waals surface area contributed by atoms with Crippen LogP contribution in [0.4, 0.5) is 10.5 Å². The lowest BCUT2D eigenvalue weighted by atomic mass is 9.97. The molecule has 17 heavy (non-hydrogen) atoms. The second kappa shape index (κ2) is 5.92. The Kier molecular flexibility index (Phi) is 4.26. The van der Waals surface area contributed by atoms with E-state index in [1.807, 2.05) is 30.3 Å². The summed E-state index contributed by atoms with van der Waals surface area (Å²) < 4.78 is 5.33. The summed E-state index contributed by atoms with van der Waals surface area (Å²) in [4.78, 5) is 11.6. The molecule has 0 bridgehead atoms. The van der Waals surface area contributed by atoms with Gasteiger partial charge in [0.15, 0.2) is 0 Å². The van der Waals surface area contributed by atoms with E-state index < -0.39 is 6.09 Å². The van der Waals surface area contributed by atoms with Crippen molar-refractivity contribution in [2.75, 3.05) is 5.32 Å². The Labute approximate surface area is 106 Å². The van der Waals surface area contributed by atoms with Gasteiger partial charge in [0.25, 0.3) is 0 Å². The molecule has 0 aromatic heterocycles. The lowest BCUT2D eigenvalue weighted by molar-refractivity contribution is 0.0891. The Bertz CT molecular complexity index is 369. The van der Waals surface area contributed by atoms with Crippen molar-refractivity contribution in [3.05, 3.63) is 30.3 Å². The van der Waals surface area contributed by atoms with E-state index in [0.717, 1.165) is 31.4 Å².